The first kappa shape index (κ1) is 14.7. The van der Waals surface area contributed by atoms with Crippen LogP contribution < -0.4 is 5.32 Å². The normalized spacial score (nSPS) is 17.5. The molecule has 2 aromatic heterocycles. The zero-order valence-electron chi connectivity index (χ0n) is 12.3. The molecule has 6 heteroatoms. The Morgan fingerprint density at radius 1 is 1.32 bits per heavy atom. The minimum absolute atomic E-state index is 0.0650. The Labute approximate surface area is 133 Å². The predicted octanol–water partition coefficient (Wildman–Crippen LogP) is 2.69. The molecule has 0 spiro atoms. The maximum atomic E-state index is 12.5. The van der Waals surface area contributed by atoms with E-state index in [0.717, 1.165) is 12.1 Å². The second kappa shape index (κ2) is 6.27. The van der Waals surface area contributed by atoms with Crippen LogP contribution in [0.1, 0.15) is 28.2 Å². The van der Waals surface area contributed by atoms with E-state index < -0.39 is 6.04 Å². The van der Waals surface area contributed by atoms with Gasteiger partial charge >= 0.3 is 0 Å². The maximum absolute atomic E-state index is 12.5. The van der Waals surface area contributed by atoms with Gasteiger partial charge in [-0.25, -0.2) is 4.98 Å². The summed E-state index contributed by atoms with van der Waals surface area (Å²) in [5.74, 6) is 0.297. The first-order chi connectivity index (χ1) is 10.6. The van der Waals surface area contributed by atoms with Crippen molar-refractivity contribution in [3.8, 4) is 0 Å². The van der Waals surface area contributed by atoms with Gasteiger partial charge in [-0.05, 0) is 43.3 Å². The smallest absolute Gasteiger partial charge is 0.264 e. The molecular weight excluding hydrogens is 298 g/mol. The van der Waals surface area contributed by atoms with Gasteiger partial charge in [0.05, 0.1) is 4.88 Å². The van der Waals surface area contributed by atoms with Crippen molar-refractivity contribution in [2.24, 2.45) is 0 Å². The van der Waals surface area contributed by atoms with Crippen molar-refractivity contribution in [1.29, 1.82) is 0 Å². The van der Waals surface area contributed by atoms with Crippen LogP contribution in [0.25, 0.3) is 0 Å². The van der Waals surface area contributed by atoms with E-state index in [1.54, 1.807) is 17.0 Å². The standard InChI is InChI=1S/C16H17N3O2S/c1-11-5-2-8-14(17-11)18-15(20)12-6-3-9-19(12)16(21)13-7-4-10-22-13/h2,4-5,7-8,10,12H,3,6,9H2,1H3,(H,17,18,20)/t12-/m0/s1. The number of rotatable bonds is 3. The molecule has 0 bridgehead atoms. The number of hydrogen-bond acceptors (Lipinski definition) is 4. The minimum atomic E-state index is -0.420. The lowest BCUT2D eigenvalue weighted by Crippen LogP contribution is -2.43. The Bertz CT molecular complexity index is 684. The summed E-state index contributed by atoms with van der Waals surface area (Å²) in [4.78, 5) is 31.5. The fraction of sp³-hybridized carbons (Fsp3) is 0.312. The molecule has 5 nitrogen and oxygen atoms in total. The Morgan fingerprint density at radius 3 is 2.91 bits per heavy atom. The SMILES string of the molecule is Cc1cccc(NC(=O)[C@@H]2CCCN2C(=O)c2cccs2)n1. The monoisotopic (exact) mass is 315 g/mol. The van der Waals surface area contributed by atoms with Crippen LogP contribution in [0.2, 0.25) is 0 Å². The average molecular weight is 315 g/mol. The van der Waals surface area contributed by atoms with Crippen LogP contribution >= 0.6 is 11.3 Å². The van der Waals surface area contributed by atoms with Crippen molar-refractivity contribution in [1.82, 2.24) is 9.88 Å². The van der Waals surface area contributed by atoms with Crippen molar-refractivity contribution in [2.75, 3.05) is 11.9 Å². The number of likely N-dealkylation sites (tertiary alicyclic amines) is 1. The van der Waals surface area contributed by atoms with E-state index in [-0.39, 0.29) is 11.8 Å². The van der Waals surface area contributed by atoms with Crippen LogP contribution in [-0.2, 0) is 4.79 Å². The minimum Gasteiger partial charge on any atom is -0.326 e. The Hall–Kier alpha value is -2.21. The zero-order chi connectivity index (χ0) is 15.5. The molecule has 1 aliphatic rings. The Morgan fingerprint density at radius 2 is 2.18 bits per heavy atom. The maximum Gasteiger partial charge on any atom is 0.264 e. The van der Waals surface area contributed by atoms with Crippen molar-refractivity contribution < 1.29 is 9.59 Å². The number of pyridine rings is 1. The van der Waals surface area contributed by atoms with Gasteiger partial charge in [0.25, 0.3) is 5.91 Å². The molecule has 0 aliphatic carbocycles. The average Bonchev–Trinajstić information content (AvgIpc) is 3.18. The van der Waals surface area contributed by atoms with Crippen LogP contribution in [0.3, 0.4) is 0 Å². The number of nitrogens with one attached hydrogen (secondary N) is 1. The van der Waals surface area contributed by atoms with Gasteiger partial charge < -0.3 is 10.2 Å². The first-order valence-corrected chi connectivity index (χ1v) is 8.12. The molecule has 1 saturated heterocycles. The quantitative estimate of drug-likeness (QED) is 0.947. The third-order valence-electron chi connectivity index (χ3n) is 3.69. The summed E-state index contributed by atoms with van der Waals surface area (Å²) in [6, 6.07) is 8.70. The lowest BCUT2D eigenvalue weighted by atomic mass is 10.2. The van der Waals surface area contributed by atoms with Crippen LogP contribution in [0.4, 0.5) is 5.82 Å². The number of carbonyl (C=O) groups excluding carboxylic acids is 2. The highest BCUT2D eigenvalue weighted by atomic mass is 32.1. The third kappa shape index (κ3) is 3.01. The van der Waals surface area contributed by atoms with Gasteiger partial charge in [0.1, 0.15) is 11.9 Å². The molecular formula is C16H17N3O2S. The summed E-state index contributed by atoms with van der Waals surface area (Å²) < 4.78 is 0. The number of amides is 2. The summed E-state index contributed by atoms with van der Waals surface area (Å²) in [6.07, 6.45) is 1.53. The van der Waals surface area contributed by atoms with Crippen molar-refractivity contribution in [2.45, 2.75) is 25.8 Å². The molecule has 3 rings (SSSR count). The summed E-state index contributed by atoms with van der Waals surface area (Å²) >= 11 is 1.40. The second-order valence-electron chi connectivity index (χ2n) is 5.29. The number of nitrogens with zero attached hydrogens (tertiary/aromatic N) is 2. The van der Waals surface area contributed by atoms with Gasteiger partial charge in [0.15, 0.2) is 0 Å². The van der Waals surface area contributed by atoms with E-state index in [1.807, 2.05) is 30.5 Å². The lowest BCUT2D eigenvalue weighted by molar-refractivity contribution is -0.119. The second-order valence-corrected chi connectivity index (χ2v) is 6.24. The van der Waals surface area contributed by atoms with E-state index in [4.69, 9.17) is 0 Å². The third-order valence-corrected chi connectivity index (χ3v) is 4.55. The number of aromatic nitrogens is 1. The highest BCUT2D eigenvalue weighted by molar-refractivity contribution is 7.12. The largest absolute Gasteiger partial charge is 0.326 e. The van der Waals surface area contributed by atoms with E-state index in [2.05, 4.69) is 10.3 Å². The van der Waals surface area contributed by atoms with Crippen molar-refractivity contribution in [3.63, 3.8) is 0 Å². The molecule has 114 valence electrons. The Kier molecular flexibility index (Phi) is 4.20. The number of hydrogen-bond donors (Lipinski definition) is 1. The topological polar surface area (TPSA) is 62.3 Å². The molecule has 1 fully saturated rings. The molecule has 1 atom stereocenters. The molecule has 0 saturated carbocycles. The fourth-order valence-corrected chi connectivity index (χ4v) is 3.33. The molecule has 0 radical (unpaired) electrons. The van der Waals surface area contributed by atoms with E-state index in [0.29, 0.717) is 23.7 Å². The van der Waals surface area contributed by atoms with Gasteiger partial charge in [-0.15, -0.1) is 11.3 Å². The summed E-state index contributed by atoms with van der Waals surface area (Å²) in [5, 5.41) is 4.68. The highest BCUT2D eigenvalue weighted by Crippen LogP contribution is 2.23. The van der Waals surface area contributed by atoms with Crippen LogP contribution in [-0.4, -0.2) is 34.3 Å². The number of anilines is 1. The molecule has 0 aromatic carbocycles. The number of carbonyl (C=O) groups is 2. The van der Waals surface area contributed by atoms with Gasteiger partial charge in [-0.3, -0.25) is 9.59 Å². The molecule has 3 heterocycles. The lowest BCUT2D eigenvalue weighted by Gasteiger charge is -2.23. The Balaban J connectivity index is 1.72. The summed E-state index contributed by atoms with van der Waals surface area (Å²) in [5.41, 5.74) is 0.843. The van der Waals surface area contributed by atoms with Gasteiger partial charge in [-0.2, -0.15) is 0 Å². The number of aryl methyl sites for hydroxylation is 1. The van der Waals surface area contributed by atoms with Gasteiger partial charge in [0, 0.05) is 12.2 Å². The fourth-order valence-electron chi connectivity index (χ4n) is 2.65. The van der Waals surface area contributed by atoms with Crippen molar-refractivity contribution in [3.05, 3.63) is 46.3 Å². The molecule has 1 N–H and O–H groups in total. The summed E-state index contributed by atoms with van der Waals surface area (Å²) in [7, 11) is 0. The molecule has 0 unspecified atom stereocenters. The van der Waals surface area contributed by atoms with Gasteiger partial charge in [-0.1, -0.05) is 12.1 Å². The van der Waals surface area contributed by atoms with E-state index >= 15 is 0 Å². The molecule has 2 amide bonds. The van der Waals surface area contributed by atoms with Crippen LogP contribution in [0.15, 0.2) is 35.7 Å². The number of thiophene rings is 1. The molecule has 2 aromatic rings. The van der Waals surface area contributed by atoms with Crippen LogP contribution in [0, 0.1) is 6.92 Å². The highest BCUT2D eigenvalue weighted by Gasteiger charge is 2.35. The molecule has 1 aliphatic heterocycles. The zero-order valence-corrected chi connectivity index (χ0v) is 13.1. The molecule has 22 heavy (non-hydrogen) atoms. The van der Waals surface area contributed by atoms with Crippen LogP contribution in [0.5, 0.6) is 0 Å². The van der Waals surface area contributed by atoms with E-state index in [9.17, 15) is 9.59 Å². The first-order valence-electron chi connectivity index (χ1n) is 7.24. The predicted molar refractivity (Wildman–Crippen MR) is 86.0 cm³/mol. The van der Waals surface area contributed by atoms with Crippen molar-refractivity contribution >= 4 is 29.0 Å². The van der Waals surface area contributed by atoms with E-state index in [1.165, 1.54) is 11.3 Å². The summed E-state index contributed by atoms with van der Waals surface area (Å²) in [6.45, 7) is 2.49. The van der Waals surface area contributed by atoms with Gasteiger partial charge in [0.2, 0.25) is 5.91 Å².